The lowest BCUT2D eigenvalue weighted by molar-refractivity contribution is 0.0258. The van der Waals surface area contributed by atoms with Gasteiger partial charge in [0, 0.05) is 45.7 Å². The zero-order valence-electron chi connectivity index (χ0n) is 17.0. The highest BCUT2D eigenvalue weighted by atomic mass is 16.5. The first-order valence-corrected chi connectivity index (χ1v) is 9.72. The molecule has 1 heterocycles. The number of aliphatic imine (C=N–C) groups is 1. The Balaban J connectivity index is 1.80. The molecule has 1 unspecified atom stereocenters. The van der Waals surface area contributed by atoms with Gasteiger partial charge in [0.1, 0.15) is 0 Å². The lowest BCUT2D eigenvalue weighted by atomic mass is 10.0. The van der Waals surface area contributed by atoms with E-state index < -0.39 is 0 Å². The minimum atomic E-state index is 0.278. The molecule has 0 radical (unpaired) electrons. The Morgan fingerprint density at radius 2 is 2.07 bits per heavy atom. The first-order valence-electron chi connectivity index (χ1n) is 9.72. The zero-order valence-corrected chi connectivity index (χ0v) is 17.0. The minimum Gasteiger partial charge on any atom is -0.378 e. The van der Waals surface area contributed by atoms with E-state index in [4.69, 9.17) is 4.74 Å². The van der Waals surface area contributed by atoms with Crippen LogP contribution in [0.4, 0.5) is 0 Å². The van der Waals surface area contributed by atoms with Crippen LogP contribution in [0.2, 0.25) is 0 Å². The van der Waals surface area contributed by atoms with Crippen molar-refractivity contribution in [3.63, 3.8) is 0 Å². The second-order valence-corrected chi connectivity index (χ2v) is 6.93. The van der Waals surface area contributed by atoms with Crippen LogP contribution in [0.25, 0.3) is 0 Å². The molecule has 0 aliphatic carbocycles. The molecular weight excluding hydrogens is 338 g/mol. The van der Waals surface area contributed by atoms with Crippen LogP contribution in [0.5, 0.6) is 0 Å². The fourth-order valence-corrected chi connectivity index (χ4v) is 2.99. The number of nitrogens with one attached hydrogen (secondary N) is 2. The monoisotopic (exact) mass is 371 g/mol. The zero-order chi connectivity index (χ0) is 19.5. The number of nitrogens with zero attached hydrogens (tertiary/aromatic N) is 3. The summed E-state index contributed by atoms with van der Waals surface area (Å²) in [5.74, 6) is 1.33. The van der Waals surface area contributed by atoms with E-state index in [0.717, 1.165) is 38.6 Å². The van der Waals surface area contributed by atoms with E-state index in [1.165, 1.54) is 11.1 Å². The van der Waals surface area contributed by atoms with E-state index in [9.17, 15) is 0 Å². The van der Waals surface area contributed by atoms with Crippen molar-refractivity contribution in [2.45, 2.75) is 46.4 Å². The molecule has 1 aromatic heterocycles. The molecular formula is C21H33N5O. The summed E-state index contributed by atoms with van der Waals surface area (Å²) in [6, 6.07) is 8.57. The first-order chi connectivity index (χ1) is 13.1. The molecule has 2 rings (SSSR count). The molecule has 0 aliphatic heterocycles. The van der Waals surface area contributed by atoms with Gasteiger partial charge in [-0.15, -0.1) is 0 Å². The molecule has 0 amide bonds. The highest BCUT2D eigenvalue weighted by molar-refractivity contribution is 5.79. The third-order valence-electron chi connectivity index (χ3n) is 4.44. The smallest absolute Gasteiger partial charge is 0.191 e. The number of aromatic nitrogens is 2. The van der Waals surface area contributed by atoms with E-state index in [0.29, 0.717) is 5.92 Å². The van der Waals surface area contributed by atoms with Crippen molar-refractivity contribution in [1.82, 2.24) is 20.2 Å². The molecule has 0 spiro atoms. The van der Waals surface area contributed by atoms with Crippen LogP contribution in [0.1, 0.15) is 38.3 Å². The van der Waals surface area contributed by atoms with E-state index >= 15 is 0 Å². The lowest BCUT2D eigenvalue weighted by Gasteiger charge is -2.21. The maximum atomic E-state index is 5.80. The second kappa shape index (κ2) is 11.4. The Labute approximate surface area is 163 Å². The molecule has 148 valence electrons. The number of ether oxygens (including phenoxy) is 1. The predicted octanol–water partition coefficient (Wildman–Crippen LogP) is 3.05. The molecule has 0 bridgehead atoms. The van der Waals surface area contributed by atoms with Crippen molar-refractivity contribution in [3.05, 3.63) is 54.1 Å². The Kier molecular flexibility index (Phi) is 8.84. The molecule has 1 atom stereocenters. The molecule has 6 nitrogen and oxygen atoms in total. The van der Waals surface area contributed by atoms with E-state index in [1.54, 1.807) is 13.2 Å². The summed E-state index contributed by atoms with van der Waals surface area (Å²) >= 11 is 0. The SMILES string of the molecule is CCOC(CCNC(=NC)NCc1cccc(Cn2ccnc2)c1)C(C)C. The predicted molar refractivity (Wildman–Crippen MR) is 111 cm³/mol. The lowest BCUT2D eigenvalue weighted by Crippen LogP contribution is -2.38. The molecule has 2 aromatic rings. The van der Waals surface area contributed by atoms with Crippen LogP contribution in [0.3, 0.4) is 0 Å². The van der Waals surface area contributed by atoms with Crippen LogP contribution in [0, 0.1) is 5.92 Å². The number of benzene rings is 1. The first kappa shape index (κ1) is 21.0. The third kappa shape index (κ3) is 7.43. The summed E-state index contributed by atoms with van der Waals surface area (Å²) in [4.78, 5) is 8.41. The van der Waals surface area contributed by atoms with Crippen LogP contribution < -0.4 is 10.6 Å². The van der Waals surface area contributed by atoms with Gasteiger partial charge in [0.15, 0.2) is 5.96 Å². The van der Waals surface area contributed by atoms with Crippen LogP contribution in [0.15, 0.2) is 48.0 Å². The van der Waals surface area contributed by atoms with Gasteiger partial charge in [-0.05, 0) is 30.4 Å². The topological polar surface area (TPSA) is 63.5 Å². The molecule has 0 aliphatic rings. The average Bonchev–Trinajstić information content (AvgIpc) is 3.16. The summed E-state index contributed by atoms with van der Waals surface area (Å²) in [7, 11) is 1.80. The molecule has 2 N–H and O–H groups in total. The highest BCUT2D eigenvalue weighted by Gasteiger charge is 2.12. The van der Waals surface area contributed by atoms with Gasteiger partial charge in [-0.1, -0.05) is 38.1 Å². The summed E-state index contributed by atoms with van der Waals surface area (Å²) in [6.45, 7) is 9.60. The quantitative estimate of drug-likeness (QED) is 0.498. The van der Waals surface area contributed by atoms with Crippen molar-refractivity contribution in [2.75, 3.05) is 20.2 Å². The number of hydrogen-bond acceptors (Lipinski definition) is 3. The van der Waals surface area contributed by atoms with Gasteiger partial charge in [-0.2, -0.15) is 0 Å². The second-order valence-electron chi connectivity index (χ2n) is 6.93. The minimum absolute atomic E-state index is 0.278. The van der Waals surface area contributed by atoms with Gasteiger partial charge < -0.3 is 19.9 Å². The average molecular weight is 372 g/mol. The van der Waals surface area contributed by atoms with Crippen molar-refractivity contribution >= 4 is 5.96 Å². The molecule has 0 saturated carbocycles. The number of rotatable bonds is 10. The Hall–Kier alpha value is -2.34. The van der Waals surface area contributed by atoms with Gasteiger partial charge >= 0.3 is 0 Å². The molecule has 0 fully saturated rings. The van der Waals surface area contributed by atoms with Gasteiger partial charge in [0.2, 0.25) is 0 Å². The van der Waals surface area contributed by atoms with Gasteiger partial charge in [0.05, 0.1) is 12.4 Å². The Morgan fingerprint density at radius 3 is 2.74 bits per heavy atom. The fraction of sp³-hybridized carbons (Fsp3) is 0.524. The standard InChI is InChI=1S/C21H33N5O/c1-5-27-20(17(2)3)9-10-24-21(22-4)25-14-18-7-6-8-19(13-18)15-26-12-11-23-16-26/h6-8,11-13,16-17,20H,5,9-10,14-15H2,1-4H3,(H2,22,24,25). The van der Waals surface area contributed by atoms with Crippen molar-refractivity contribution in [3.8, 4) is 0 Å². The van der Waals surface area contributed by atoms with Crippen molar-refractivity contribution in [1.29, 1.82) is 0 Å². The van der Waals surface area contributed by atoms with Gasteiger partial charge in [-0.25, -0.2) is 4.98 Å². The van der Waals surface area contributed by atoms with E-state index in [-0.39, 0.29) is 6.10 Å². The fourth-order valence-electron chi connectivity index (χ4n) is 2.99. The summed E-state index contributed by atoms with van der Waals surface area (Å²) < 4.78 is 7.86. The normalized spacial score (nSPS) is 13.0. The third-order valence-corrected chi connectivity index (χ3v) is 4.44. The molecule has 1 aromatic carbocycles. The van der Waals surface area contributed by atoms with E-state index in [2.05, 4.69) is 63.3 Å². The number of hydrogen-bond donors (Lipinski definition) is 2. The summed E-state index contributed by atoms with van der Waals surface area (Å²) in [5.41, 5.74) is 2.48. The molecule has 0 saturated heterocycles. The van der Waals surface area contributed by atoms with Gasteiger partial charge in [0.25, 0.3) is 0 Å². The summed E-state index contributed by atoms with van der Waals surface area (Å²) in [5, 5.41) is 6.77. The van der Waals surface area contributed by atoms with Gasteiger partial charge in [-0.3, -0.25) is 4.99 Å². The van der Waals surface area contributed by atoms with E-state index in [1.807, 2.05) is 19.4 Å². The number of imidazole rings is 1. The highest BCUT2D eigenvalue weighted by Crippen LogP contribution is 2.10. The maximum absolute atomic E-state index is 5.80. The molecule has 27 heavy (non-hydrogen) atoms. The van der Waals surface area contributed by atoms with Crippen molar-refractivity contribution in [2.24, 2.45) is 10.9 Å². The molecule has 6 heteroatoms. The van der Waals surface area contributed by atoms with Crippen LogP contribution in [-0.4, -0.2) is 41.8 Å². The Morgan fingerprint density at radius 1 is 1.26 bits per heavy atom. The van der Waals surface area contributed by atoms with Crippen molar-refractivity contribution < 1.29 is 4.74 Å². The van der Waals surface area contributed by atoms with Crippen LogP contribution >= 0.6 is 0 Å². The Bertz CT molecular complexity index is 682. The maximum Gasteiger partial charge on any atom is 0.191 e. The largest absolute Gasteiger partial charge is 0.378 e. The number of guanidine groups is 1. The summed E-state index contributed by atoms with van der Waals surface area (Å²) in [6.07, 6.45) is 6.86. The van der Waals surface area contributed by atoms with Crippen LogP contribution in [-0.2, 0) is 17.8 Å².